The van der Waals surface area contributed by atoms with Gasteiger partial charge in [-0.2, -0.15) is 13.2 Å². The van der Waals surface area contributed by atoms with Crippen LogP contribution in [0.3, 0.4) is 0 Å². The van der Waals surface area contributed by atoms with Gasteiger partial charge >= 0.3 is 6.18 Å². The van der Waals surface area contributed by atoms with Crippen LogP contribution >= 0.6 is 11.6 Å². The molecule has 0 saturated heterocycles. The van der Waals surface area contributed by atoms with Crippen LogP contribution in [0.2, 0.25) is 0 Å². The van der Waals surface area contributed by atoms with Crippen LogP contribution in [0.5, 0.6) is 0 Å². The molecule has 1 aromatic carbocycles. The van der Waals surface area contributed by atoms with Gasteiger partial charge < -0.3 is 0 Å². The van der Waals surface area contributed by atoms with Crippen LogP contribution < -0.4 is 0 Å². The molecule has 0 aliphatic rings. The third kappa shape index (κ3) is 2.48. The molecule has 0 unspecified atom stereocenters. The van der Waals surface area contributed by atoms with Gasteiger partial charge in [-0.15, -0.1) is 0 Å². The minimum absolute atomic E-state index is 0.286. The molecule has 1 rings (SSSR count). The van der Waals surface area contributed by atoms with Gasteiger partial charge in [-0.05, 0) is 17.7 Å². The number of aldehydes is 1. The number of carbonyl (C=O) groups is 2. The van der Waals surface area contributed by atoms with Crippen LogP contribution in [0.15, 0.2) is 12.1 Å². The molecule has 0 aromatic heterocycles. The molecule has 0 amide bonds. The molecule has 0 atom stereocenters. The monoisotopic (exact) mass is 281 g/mol. The van der Waals surface area contributed by atoms with Crippen molar-refractivity contribution in [3.63, 3.8) is 0 Å². The first-order chi connectivity index (χ1) is 8.20. The molecule has 1 aromatic rings. The predicted molar refractivity (Wildman–Crippen MR) is 53.7 cm³/mol. The van der Waals surface area contributed by atoms with Crippen molar-refractivity contribution >= 4 is 28.8 Å². The summed E-state index contributed by atoms with van der Waals surface area (Å²) in [6.07, 6.45) is -5.21. The summed E-state index contributed by atoms with van der Waals surface area (Å²) < 4.78 is 37.6. The largest absolute Gasteiger partial charge is 0.417 e. The van der Waals surface area contributed by atoms with Crippen LogP contribution in [-0.2, 0) is 6.18 Å². The minimum atomic E-state index is -4.92. The van der Waals surface area contributed by atoms with Crippen molar-refractivity contribution in [3.8, 4) is 0 Å². The first kappa shape index (κ1) is 14.1. The first-order valence-corrected chi connectivity index (χ1v) is 4.61. The van der Waals surface area contributed by atoms with Crippen LogP contribution in [0.1, 0.15) is 26.3 Å². The summed E-state index contributed by atoms with van der Waals surface area (Å²) in [5.74, 6) is 0. The van der Waals surface area contributed by atoms with E-state index in [1.807, 2.05) is 0 Å². The quantitative estimate of drug-likeness (QED) is 0.369. The third-order valence-corrected chi connectivity index (χ3v) is 2.23. The van der Waals surface area contributed by atoms with Crippen molar-refractivity contribution in [2.24, 2.45) is 0 Å². The van der Waals surface area contributed by atoms with Crippen molar-refractivity contribution in [2.45, 2.75) is 6.18 Å². The number of benzene rings is 1. The lowest BCUT2D eigenvalue weighted by Gasteiger charge is -2.11. The number of hydrogen-bond donors (Lipinski definition) is 0. The minimum Gasteiger partial charge on any atom is -0.298 e. The number of nitro benzene ring substituents is 1. The molecule has 5 nitrogen and oxygen atoms in total. The van der Waals surface area contributed by atoms with E-state index in [1.165, 1.54) is 0 Å². The summed E-state index contributed by atoms with van der Waals surface area (Å²) in [5.41, 5.74) is -4.61. The maximum absolute atomic E-state index is 12.5. The van der Waals surface area contributed by atoms with Gasteiger partial charge in [0.05, 0.1) is 10.5 Å². The van der Waals surface area contributed by atoms with Crippen LogP contribution in [-0.4, -0.2) is 16.5 Å². The van der Waals surface area contributed by atoms with Gasteiger partial charge in [0.1, 0.15) is 5.56 Å². The summed E-state index contributed by atoms with van der Waals surface area (Å²) in [6.45, 7) is 0. The van der Waals surface area contributed by atoms with E-state index < -0.39 is 38.7 Å². The second-order valence-electron chi connectivity index (χ2n) is 3.07. The average molecular weight is 282 g/mol. The number of rotatable bonds is 3. The van der Waals surface area contributed by atoms with E-state index in [4.69, 9.17) is 11.6 Å². The Balaban J connectivity index is 3.75. The molecular weight excluding hydrogens is 279 g/mol. The zero-order chi connectivity index (χ0) is 14.1. The number of hydrogen-bond acceptors (Lipinski definition) is 4. The van der Waals surface area contributed by atoms with Crippen molar-refractivity contribution in [1.82, 2.24) is 0 Å². The molecule has 0 heterocycles. The molecule has 0 aliphatic heterocycles. The molecule has 0 fully saturated rings. The molecule has 0 bridgehead atoms. The number of halogens is 4. The smallest absolute Gasteiger partial charge is 0.298 e. The molecule has 0 spiro atoms. The lowest BCUT2D eigenvalue weighted by molar-refractivity contribution is -0.385. The summed E-state index contributed by atoms with van der Waals surface area (Å²) >= 11 is 4.99. The highest BCUT2D eigenvalue weighted by molar-refractivity contribution is 6.68. The summed E-state index contributed by atoms with van der Waals surface area (Å²) in [6, 6.07) is 0.830. The maximum Gasteiger partial charge on any atom is 0.417 e. The Hall–Kier alpha value is -1.96. The molecule has 96 valence electrons. The molecular formula is C9H3ClF3NO4. The van der Waals surface area contributed by atoms with Crippen LogP contribution in [0.25, 0.3) is 0 Å². The Morgan fingerprint density at radius 3 is 2.28 bits per heavy atom. The number of nitrogens with zero attached hydrogens (tertiary/aromatic N) is 1. The first-order valence-electron chi connectivity index (χ1n) is 4.23. The van der Waals surface area contributed by atoms with Crippen molar-refractivity contribution < 1.29 is 27.7 Å². The lowest BCUT2D eigenvalue weighted by Crippen LogP contribution is -2.13. The van der Waals surface area contributed by atoms with Gasteiger partial charge in [-0.25, -0.2) is 0 Å². The number of alkyl halides is 3. The van der Waals surface area contributed by atoms with E-state index in [-0.39, 0.29) is 6.29 Å². The molecule has 0 N–H and O–H groups in total. The second kappa shape index (κ2) is 4.73. The van der Waals surface area contributed by atoms with E-state index in [1.54, 1.807) is 0 Å². The van der Waals surface area contributed by atoms with Gasteiger partial charge in [-0.1, -0.05) is 0 Å². The van der Waals surface area contributed by atoms with Gasteiger partial charge in [0.25, 0.3) is 10.9 Å². The summed E-state index contributed by atoms with van der Waals surface area (Å²) in [7, 11) is 0. The normalized spacial score (nSPS) is 11.1. The van der Waals surface area contributed by atoms with Gasteiger partial charge in [-0.3, -0.25) is 19.7 Å². The number of carbonyl (C=O) groups excluding carboxylic acids is 2. The van der Waals surface area contributed by atoms with Crippen molar-refractivity contribution in [3.05, 3.63) is 38.9 Å². The zero-order valence-electron chi connectivity index (χ0n) is 8.32. The Morgan fingerprint density at radius 1 is 1.39 bits per heavy atom. The zero-order valence-corrected chi connectivity index (χ0v) is 9.08. The molecule has 0 saturated carbocycles. The summed E-state index contributed by atoms with van der Waals surface area (Å²) in [5, 5.41) is 9.05. The fourth-order valence-electron chi connectivity index (χ4n) is 1.34. The highest BCUT2D eigenvalue weighted by atomic mass is 35.5. The Morgan fingerprint density at radius 2 is 1.94 bits per heavy atom. The average Bonchev–Trinajstić information content (AvgIpc) is 2.25. The summed E-state index contributed by atoms with van der Waals surface area (Å²) in [4.78, 5) is 31.1. The van der Waals surface area contributed by atoms with Crippen LogP contribution in [0.4, 0.5) is 18.9 Å². The SMILES string of the molecule is O=Cc1c(C(F)(F)F)ccc([N+](=O)[O-])c1C(=O)Cl. The van der Waals surface area contributed by atoms with Gasteiger partial charge in [0.15, 0.2) is 6.29 Å². The topological polar surface area (TPSA) is 77.3 Å². The maximum atomic E-state index is 12.5. The predicted octanol–water partition coefficient (Wildman–Crippen LogP) is 2.81. The van der Waals surface area contributed by atoms with E-state index >= 15 is 0 Å². The van der Waals surface area contributed by atoms with E-state index in [0.29, 0.717) is 12.1 Å². The van der Waals surface area contributed by atoms with E-state index in [0.717, 1.165) is 0 Å². The molecule has 0 radical (unpaired) electrons. The fraction of sp³-hybridized carbons (Fsp3) is 0.111. The fourth-order valence-corrected chi connectivity index (χ4v) is 1.53. The lowest BCUT2D eigenvalue weighted by atomic mass is 10.0. The van der Waals surface area contributed by atoms with Crippen molar-refractivity contribution in [1.29, 1.82) is 0 Å². The van der Waals surface area contributed by atoms with Crippen LogP contribution in [0, 0.1) is 10.1 Å². The molecule has 9 heteroatoms. The van der Waals surface area contributed by atoms with Gasteiger partial charge in [0.2, 0.25) is 0 Å². The van der Waals surface area contributed by atoms with E-state index in [9.17, 15) is 32.9 Å². The van der Waals surface area contributed by atoms with Gasteiger partial charge in [0, 0.05) is 11.6 Å². The van der Waals surface area contributed by atoms with Crippen molar-refractivity contribution in [2.75, 3.05) is 0 Å². The Kier molecular flexibility index (Phi) is 3.70. The Labute approximate surface area is 102 Å². The number of nitro groups is 1. The third-order valence-electron chi connectivity index (χ3n) is 2.04. The Bertz CT molecular complexity index is 541. The standard InChI is InChI=1S/C9H3ClF3NO4/c10-8(16)7-4(3-15)5(9(11,12)13)1-2-6(7)14(17)18/h1-3H. The van der Waals surface area contributed by atoms with E-state index in [2.05, 4.69) is 0 Å². The molecule has 18 heavy (non-hydrogen) atoms. The molecule has 0 aliphatic carbocycles. The highest BCUT2D eigenvalue weighted by Crippen LogP contribution is 2.36. The second-order valence-corrected chi connectivity index (χ2v) is 3.41. The highest BCUT2D eigenvalue weighted by Gasteiger charge is 2.37.